The Bertz CT molecular complexity index is 710. The second-order valence-corrected chi connectivity index (χ2v) is 5.18. The number of rotatable bonds is 3. The number of benzene rings is 2. The molecule has 112 valence electrons. The molecular weight excluding hydrogens is 283 g/mol. The predicted molar refractivity (Wildman–Crippen MR) is 79.8 cm³/mol. The molecule has 2 aromatic rings. The highest BCUT2D eigenvalue weighted by Gasteiger charge is 2.26. The molecule has 5 heteroatoms. The van der Waals surface area contributed by atoms with Crippen LogP contribution in [-0.4, -0.2) is 25.4 Å². The van der Waals surface area contributed by atoms with Crippen LogP contribution >= 0.6 is 0 Å². The molecule has 0 amide bonds. The summed E-state index contributed by atoms with van der Waals surface area (Å²) in [7, 11) is 0. The fourth-order valence-corrected chi connectivity index (χ4v) is 2.42. The quantitative estimate of drug-likeness (QED) is 0.945. The summed E-state index contributed by atoms with van der Waals surface area (Å²) < 4.78 is 24.2. The molecule has 0 bridgehead atoms. The molecule has 0 aliphatic carbocycles. The van der Waals surface area contributed by atoms with Gasteiger partial charge in [-0.1, -0.05) is 18.2 Å². The molecule has 0 radical (unpaired) electrons. The van der Waals surface area contributed by atoms with Crippen molar-refractivity contribution >= 4 is 0 Å². The fourth-order valence-electron chi connectivity index (χ4n) is 2.42. The predicted octanol–water partition coefficient (Wildman–Crippen LogP) is 2.47. The monoisotopic (exact) mass is 298 g/mol. The SMILES string of the molecule is N#Cc1cc(F)ccc1-c1ccc(O[C@@H]2COC[C@@H]2N)cc1. The molecule has 1 heterocycles. The summed E-state index contributed by atoms with van der Waals surface area (Å²) in [6.07, 6.45) is -0.147. The third-order valence-corrected chi connectivity index (χ3v) is 3.62. The van der Waals surface area contributed by atoms with Crippen molar-refractivity contribution in [1.82, 2.24) is 0 Å². The van der Waals surface area contributed by atoms with Crippen LogP contribution in [0, 0.1) is 17.1 Å². The zero-order valence-corrected chi connectivity index (χ0v) is 11.8. The summed E-state index contributed by atoms with van der Waals surface area (Å²) in [5.74, 6) is 0.269. The van der Waals surface area contributed by atoms with Crippen LogP contribution in [0.1, 0.15) is 5.56 Å². The van der Waals surface area contributed by atoms with Gasteiger partial charge in [0.05, 0.1) is 30.9 Å². The Morgan fingerprint density at radius 2 is 1.95 bits per heavy atom. The van der Waals surface area contributed by atoms with E-state index in [1.807, 2.05) is 30.3 Å². The van der Waals surface area contributed by atoms with Crippen LogP contribution in [0.3, 0.4) is 0 Å². The Labute approximate surface area is 127 Å². The van der Waals surface area contributed by atoms with Gasteiger partial charge in [-0.05, 0) is 35.4 Å². The van der Waals surface area contributed by atoms with Crippen LogP contribution in [0.2, 0.25) is 0 Å². The largest absolute Gasteiger partial charge is 0.486 e. The van der Waals surface area contributed by atoms with Crippen LogP contribution in [-0.2, 0) is 4.74 Å². The molecule has 0 saturated carbocycles. The molecule has 3 rings (SSSR count). The molecule has 1 aliphatic rings. The normalized spacial score (nSPS) is 20.6. The van der Waals surface area contributed by atoms with Crippen molar-refractivity contribution in [3.05, 3.63) is 53.8 Å². The average molecular weight is 298 g/mol. The number of ether oxygens (including phenoxy) is 2. The number of halogens is 1. The molecular formula is C17H15FN2O2. The summed E-state index contributed by atoms with van der Waals surface area (Å²) in [6, 6.07) is 13.4. The van der Waals surface area contributed by atoms with Crippen molar-refractivity contribution in [1.29, 1.82) is 5.26 Å². The van der Waals surface area contributed by atoms with Crippen molar-refractivity contribution in [3.8, 4) is 22.9 Å². The highest BCUT2D eigenvalue weighted by atomic mass is 19.1. The molecule has 2 N–H and O–H groups in total. The van der Waals surface area contributed by atoms with Gasteiger partial charge < -0.3 is 15.2 Å². The van der Waals surface area contributed by atoms with E-state index >= 15 is 0 Å². The maximum Gasteiger partial charge on any atom is 0.139 e. The maximum absolute atomic E-state index is 13.2. The lowest BCUT2D eigenvalue weighted by atomic mass is 10.0. The summed E-state index contributed by atoms with van der Waals surface area (Å²) in [5, 5.41) is 9.11. The van der Waals surface area contributed by atoms with Crippen LogP contribution in [0.25, 0.3) is 11.1 Å². The lowest BCUT2D eigenvalue weighted by Gasteiger charge is -2.16. The van der Waals surface area contributed by atoms with Crippen molar-refractivity contribution in [2.45, 2.75) is 12.1 Å². The number of nitriles is 1. The van der Waals surface area contributed by atoms with Gasteiger partial charge in [-0.3, -0.25) is 0 Å². The van der Waals surface area contributed by atoms with E-state index in [9.17, 15) is 4.39 Å². The topological polar surface area (TPSA) is 68.3 Å². The number of hydrogen-bond acceptors (Lipinski definition) is 4. The van der Waals surface area contributed by atoms with Crippen LogP contribution in [0.5, 0.6) is 5.75 Å². The fraction of sp³-hybridized carbons (Fsp3) is 0.235. The molecule has 1 saturated heterocycles. The van der Waals surface area contributed by atoms with Crippen molar-refractivity contribution in [2.24, 2.45) is 5.73 Å². The lowest BCUT2D eigenvalue weighted by molar-refractivity contribution is 0.140. The van der Waals surface area contributed by atoms with E-state index in [1.54, 1.807) is 6.07 Å². The summed E-state index contributed by atoms with van der Waals surface area (Å²) in [5.41, 5.74) is 7.70. The van der Waals surface area contributed by atoms with E-state index in [2.05, 4.69) is 0 Å². The minimum atomic E-state index is -0.421. The summed E-state index contributed by atoms with van der Waals surface area (Å²) >= 11 is 0. The Balaban J connectivity index is 1.81. The molecule has 4 nitrogen and oxygen atoms in total. The highest BCUT2D eigenvalue weighted by molar-refractivity contribution is 5.70. The van der Waals surface area contributed by atoms with Gasteiger partial charge in [0.25, 0.3) is 0 Å². The summed E-state index contributed by atoms with van der Waals surface area (Å²) in [6.45, 7) is 0.989. The first-order valence-corrected chi connectivity index (χ1v) is 6.97. The first-order chi connectivity index (χ1) is 10.7. The van der Waals surface area contributed by atoms with E-state index in [4.69, 9.17) is 20.5 Å². The van der Waals surface area contributed by atoms with Crippen molar-refractivity contribution in [2.75, 3.05) is 13.2 Å². The first-order valence-electron chi connectivity index (χ1n) is 6.97. The molecule has 0 unspecified atom stereocenters. The minimum Gasteiger partial charge on any atom is -0.486 e. The first kappa shape index (κ1) is 14.5. The Morgan fingerprint density at radius 1 is 1.18 bits per heavy atom. The number of nitrogens with zero attached hydrogens (tertiary/aromatic N) is 1. The Morgan fingerprint density at radius 3 is 2.59 bits per heavy atom. The van der Waals surface area contributed by atoms with Crippen molar-refractivity contribution < 1.29 is 13.9 Å². The molecule has 2 atom stereocenters. The Kier molecular flexibility index (Phi) is 4.05. The maximum atomic E-state index is 13.2. The van der Waals surface area contributed by atoms with Gasteiger partial charge in [0, 0.05) is 0 Å². The smallest absolute Gasteiger partial charge is 0.139 e. The van der Waals surface area contributed by atoms with Crippen molar-refractivity contribution in [3.63, 3.8) is 0 Å². The molecule has 1 fully saturated rings. The van der Waals surface area contributed by atoms with Gasteiger partial charge in [-0.15, -0.1) is 0 Å². The van der Waals surface area contributed by atoms with E-state index < -0.39 is 5.82 Å². The van der Waals surface area contributed by atoms with Gasteiger partial charge in [0.15, 0.2) is 0 Å². The van der Waals surface area contributed by atoms with E-state index in [1.165, 1.54) is 12.1 Å². The van der Waals surface area contributed by atoms with E-state index in [0.717, 1.165) is 5.56 Å². The molecule has 22 heavy (non-hydrogen) atoms. The van der Waals surface area contributed by atoms with Gasteiger partial charge >= 0.3 is 0 Å². The van der Waals surface area contributed by atoms with Gasteiger partial charge in [0.1, 0.15) is 17.7 Å². The molecule has 1 aliphatic heterocycles. The number of nitrogens with two attached hydrogens (primary N) is 1. The molecule has 0 aromatic heterocycles. The Hall–Kier alpha value is -2.42. The van der Waals surface area contributed by atoms with Gasteiger partial charge in [-0.2, -0.15) is 5.26 Å². The molecule has 2 aromatic carbocycles. The van der Waals surface area contributed by atoms with Crippen LogP contribution in [0.15, 0.2) is 42.5 Å². The lowest BCUT2D eigenvalue weighted by Crippen LogP contribution is -2.37. The molecule has 0 spiro atoms. The highest BCUT2D eigenvalue weighted by Crippen LogP contribution is 2.27. The second kappa shape index (κ2) is 6.14. The van der Waals surface area contributed by atoms with Crippen LogP contribution < -0.4 is 10.5 Å². The minimum absolute atomic E-state index is 0.123. The van der Waals surface area contributed by atoms with E-state index in [0.29, 0.717) is 30.1 Å². The van der Waals surface area contributed by atoms with Crippen LogP contribution in [0.4, 0.5) is 4.39 Å². The standard InChI is InChI=1S/C17H15FN2O2/c18-13-3-6-15(12(7-13)8-19)11-1-4-14(5-2-11)22-17-10-21-9-16(17)20/h1-7,16-17H,9-10,20H2/t16-,17+/m0/s1. The third kappa shape index (κ3) is 2.93. The zero-order valence-electron chi connectivity index (χ0n) is 11.8. The number of hydrogen-bond donors (Lipinski definition) is 1. The average Bonchev–Trinajstić information content (AvgIpc) is 2.93. The summed E-state index contributed by atoms with van der Waals surface area (Å²) in [4.78, 5) is 0. The van der Waals surface area contributed by atoms with Gasteiger partial charge in [-0.25, -0.2) is 4.39 Å². The zero-order chi connectivity index (χ0) is 15.5. The van der Waals surface area contributed by atoms with E-state index in [-0.39, 0.29) is 12.1 Å². The second-order valence-electron chi connectivity index (χ2n) is 5.18. The third-order valence-electron chi connectivity index (χ3n) is 3.62. The van der Waals surface area contributed by atoms with Gasteiger partial charge in [0.2, 0.25) is 0 Å².